The van der Waals surface area contributed by atoms with E-state index in [2.05, 4.69) is 99.9 Å². The van der Waals surface area contributed by atoms with E-state index in [0.29, 0.717) is 5.75 Å². The summed E-state index contributed by atoms with van der Waals surface area (Å²) in [6, 6.07) is 21.4. The molecule has 0 spiro atoms. The molecule has 0 aromatic heterocycles. The van der Waals surface area contributed by atoms with Crippen molar-refractivity contribution < 1.29 is 5.11 Å². The topological polar surface area (TPSA) is 26.7 Å². The molecule has 170 valence electrons. The van der Waals surface area contributed by atoms with E-state index in [4.69, 9.17) is 0 Å². The van der Waals surface area contributed by atoms with Gasteiger partial charge in [0.05, 0.1) is 0 Å². The second kappa shape index (κ2) is 10.6. The van der Waals surface area contributed by atoms with E-state index in [-0.39, 0.29) is 5.92 Å². The van der Waals surface area contributed by atoms with E-state index in [1.807, 2.05) is 0 Å². The first kappa shape index (κ1) is 23.7. The first-order valence-electron chi connectivity index (χ1n) is 11.9. The van der Waals surface area contributed by atoms with Crippen LogP contribution in [0.15, 0.2) is 60.7 Å². The molecule has 0 aliphatic heterocycles. The Morgan fingerprint density at radius 3 is 1.41 bits per heavy atom. The lowest BCUT2D eigenvalue weighted by Crippen LogP contribution is -2.23. The van der Waals surface area contributed by atoms with Crippen LogP contribution in [0.25, 0.3) is 0 Å². The van der Waals surface area contributed by atoms with Gasteiger partial charge >= 0.3 is 0 Å². The highest BCUT2D eigenvalue weighted by Gasteiger charge is 2.22. The molecule has 0 unspecified atom stereocenters. The van der Waals surface area contributed by atoms with Gasteiger partial charge in [0.2, 0.25) is 0 Å². The van der Waals surface area contributed by atoms with Gasteiger partial charge in [-0.25, -0.2) is 0 Å². The summed E-state index contributed by atoms with van der Waals surface area (Å²) in [4.78, 5) is 4.80. The number of nitrogens with zero attached hydrogens (tertiary/aromatic N) is 2. The average Bonchev–Trinajstić information content (AvgIpc) is 2.80. The van der Waals surface area contributed by atoms with Crippen LogP contribution in [0.4, 0.5) is 11.4 Å². The number of hydrogen-bond acceptors (Lipinski definition) is 3. The van der Waals surface area contributed by atoms with Gasteiger partial charge in [-0.1, -0.05) is 24.3 Å². The maximum atomic E-state index is 9.94. The van der Waals surface area contributed by atoms with Crippen LogP contribution in [-0.4, -0.2) is 31.3 Å². The molecule has 1 N–H and O–H groups in total. The van der Waals surface area contributed by atoms with Gasteiger partial charge in [-0.3, -0.25) is 0 Å². The summed E-state index contributed by atoms with van der Waals surface area (Å²) in [5.41, 5.74) is 8.93. The molecule has 0 saturated heterocycles. The van der Waals surface area contributed by atoms with E-state index in [0.717, 1.165) is 26.2 Å². The molecule has 0 heterocycles. The van der Waals surface area contributed by atoms with Crippen LogP contribution in [0.2, 0.25) is 0 Å². The minimum atomic E-state index is 0.0987. The number of aromatic hydroxyl groups is 1. The molecule has 3 aromatic rings. The van der Waals surface area contributed by atoms with E-state index in [1.54, 1.807) is 12.1 Å². The van der Waals surface area contributed by atoms with Crippen molar-refractivity contribution in [3.05, 3.63) is 88.5 Å². The van der Waals surface area contributed by atoms with Gasteiger partial charge < -0.3 is 14.9 Å². The largest absolute Gasteiger partial charge is 0.508 e. The molecule has 3 heteroatoms. The van der Waals surface area contributed by atoms with E-state index >= 15 is 0 Å². The molecular weight excluding hydrogens is 392 g/mol. The number of phenolic OH excluding ortho intramolecular Hbond substituents is 1. The van der Waals surface area contributed by atoms with Crippen molar-refractivity contribution in [3.63, 3.8) is 0 Å². The van der Waals surface area contributed by atoms with Crippen LogP contribution in [0.5, 0.6) is 5.75 Å². The molecule has 0 fully saturated rings. The van der Waals surface area contributed by atoms with Gasteiger partial charge in [0, 0.05) is 43.5 Å². The third kappa shape index (κ3) is 4.93. The van der Waals surface area contributed by atoms with E-state index in [1.165, 1.54) is 39.2 Å². The Morgan fingerprint density at radius 1 is 0.625 bits per heavy atom. The van der Waals surface area contributed by atoms with Gasteiger partial charge in [0.25, 0.3) is 0 Å². The van der Waals surface area contributed by atoms with Gasteiger partial charge in [-0.2, -0.15) is 0 Å². The standard InChI is InChI=1S/C29H38N2O/c1-7-30(8-2)24-15-11-21(5)27(19-24)29(23-13-17-26(32)18-14-23)28-20-25(16-12-22(28)6)31(9-3)10-4/h11-20,29,32H,7-10H2,1-6H3. The monoisotopic (exact) mass is 430 g/mol. The molecule has 3 nitrogen and oxygen atoms in total. The summed E-state index contributed by atoms with van der Waals surface area (Å²) in [6.07, 6.45) is 0. The number of aryl methyl sites for hydroxylation is 2. The summed E-state index contributed by atoms with van der Waals surface area (Å²) in [6.45, 7) is 17.2. The molecule has 3 rings (SSSR count). The van der Waals surface area contributed by atoms with Crippen LogP contribution < -0.4 is 9.80 Å². The lowest BCUT2D eigenvalue weighted by Gasteiger charge is -2.28. The summed E-state index contributed by atoms with van der Waals surface area (Å²) in [5.74, 6) is 0.399. The predicted molar refractivity (Wildman–Crippen MR) is 139 cm³/mol. The normalized spacial score (nSPS) is 11.1. The molecule has 0 atom stereocenters. The lowest BCUT2D eigenvalue weighted by molar-refractivity contribution is 0.475. The summed E-state index contributed by atoms with van der Waals surface area (Å²) < 4.78 is 0. The molecule has 0 aliphatic rings. The number of anilines is 2. The molecule has 0 aliphatic carbocycles. The molecule has 0 amide bonds. The molecule has 3 aromatic carbocycles. The van der Waals surface area contributed by atoms with Crippen molar-refractivity contribution in [1.82, 2.24) is 0 Å². The fourth-order valence-corrected chi connectivity index (χ4v) is 4.64. The van der Waals surface area contributed by atoms with Gasteiger partial charge in [-0.05, 0) is 106 Å². The molecule has 0 saturated carbocycles. The first-order valence-corrected chi connectivity index (χ1v) is 11.9. The summed E-state index contributed by atoms with van der Waals surface area (Å²) in [7, 11) is 0. The predicted octanol–water partition coefficient (Wildman–Crippen LogP) is 6.88. The first-order chi connectivity index (χ1) is 15.4. The molecule has 0 bridgehead atoms. The highest BCUT2D eigenvalue weighted by atomic mass is 16.3. The fourth-order valence-electron chi connectivity index (χ4n) is 4.64. The lowest BCUT2D eigenvalue weighted by atomic mass is 9.80. The van der Waals surface area contributed by atoms with Crippen LogP contribution in [0, 0.1) is 13.8 Å². The maximum absolute atomic E-state index is 9.94. The van der Waals surface area contributed by atoms with Gasteiger partial charge in [0.1, 0.15) is 5.75 Å². The van der Waals surface area contributed by atoms with Crippen LogP contribution >= 0.6 is 0 Å². The highest BCUT2D eigenvalue weighted by Crippen LogP contribution is 2.39. The zero-order valence-electron chi connectivity index (χ0n) is 20.5. The van der Waals surface area contributed by atoms with Crippen LogP contribution in [0.3, 0.4) is 0 Å². The molecular formula is C29H38N2O. The zero-order valence-corrected chi connectivity index (χ0v) is 20.5. The third-order valence-electron chi connectivity index (χ3n) is 6.63. The van der Waals surface area contributed by atoms with E-state index < -0.39 is 0 Å². The number of rotatable bonds is 9. The average molecular weight is 431 g/mol. The van der Waals surface area contributed by atoms with Crippen molar-refractivity contribution in [2.75, 3.05) is 36.0 Å². The number of phenols is 1. The van der Waals surface area contributed by atoms with Crippen molar-refractivity contribution in [2.45, 2.75) is 47.5 Å². The quantitative estimate of drug-likeness (QED) is 0.375. The van der Waals surface area contributed by atoms with Crippen LogP contribution in [-0.2, 0) is 0 Å². The summed E-state index contributed by atoms with van der Waals surface area (Å²) >= 11 is 0. The zero-order chi connectivity index (χ0) is 23.3. The number of hydrogen-bond donors (Lipinski definition) is 1. The SMILES string of the molecule is CCN(CC)c1ccc(C)c(C(c2ccc(O)cc2)c2cc(N(CC)CC)ccc2C)c1. The summed E-state index contributed by atoms with van der Waals surface area (Å²) in [5, 5.41) is 9.94. The van der Waals surface area contributed by atoms with Crippen molar-refractivity contribution in [2.24, 2.45) is 0 Å². The van der Waals surface area contributed by atoms with Gasteiger partial charge in [0.15, 0.2) is 0 Å². The minimum Gasteiger partial charge on any atom is -0.508 e. The second-order valence-electron chi connectivity index (χ2n) is 8.45. The Kier molecular flexibility index (Phi) is 7.84. The fraction of sp³-hybridized carbons (Fsp3) is 0.379. The van der Waals surface area contributed by atoms with Crippen molar-refractivity contribution >= 4 is 11.4 Å². The Morgan fingerprint density at radius 2 is 1.03 bits per heavy atom. The van der Waals surface area contributed by atoms with Crippen LogP contribution in [0.1, 0.15) is 61.4 Å². The van der Waals surface area contributed by atoms with E-state index in [9.17, 15) is 5.11 Å². The Labute approximate surface area is 194 Å². The number of benzene rings is 3. The third-order valence-corrected chi connectivity index (χ3v) is 6.63. The van der Waals surface area contributed by atoms with Crippen molar-refractivity contribution in [1.29, 1.82) is 0 Å². The second-order valence-corrected chi connectivity index (χ2v) is 8.45. The minimum absolute atomic E-state index is 0.0987. The Balaban J connectivity index is 2.25. The Bertz CT molecular complexity index is 956. The molecule has 32 heavy (non-hydrogen) atoms. The van der Waals surface area contributed by atoms with Gasteiger partial charge in [-0.15, -0.1) is 0 Å². The maximum Gasteiger partial charge on any atom is 0.115 e. The molecule has 0 radical (unpaired) electrons. The highest BCUT2D eigenvalue weighted by molar-refractivity contribution is 5.60. The smallest absolute Gasteiger partial charge is 0.115 e. The Hall–Kier alpha value is -2.94. The van der Waals surface area contributed by atoms with Crippen molar-refractivity contribution in [3.8, 4) is 5.75 Å².